The lowest BCUT2D eigenvalue weighted by atomic mass is 9.85. The van der Waals surface area contributed by atoms with E-state index in [0.29, 0.717) is 19.8 Å². The lowest BCUT2D eigenvalue weighted by molar-refractivity contribution is 0.107. The summed E-state index contributed by atoms with van der Waals surface area (Å²) in [5.74, 6) is 0. The largest absolute Gasteiger partial charge is 0.465 e. The molecule has 2 aromatic heterocycles. The van der Waals surface area contributed by atoms with Crippen LogP contribution in [0.25, 0.3) is 22.2 Å². The highest BCUT2D eigenvalue weighted by molar-refractivity contribution is 5.86. The minimum absolute atomic E-state index is 0.153. The molecule has 0 bridgehead atoms. The van der Waals surface area contributed by atoms with E-state index in [4.69, 9.17) is 4.74 Å². The fraction of sp³-hybridized carbons (Fsp3) is 0.400. The molecule has 4 heterocycles. The zero-order valence-electron chi connectivity index (χ0n) is 18.3. The number of benzene rings is 1. The van der Waals surface area contributed by atoms with Crippen molar-refractivity contribution in [2.24, 2.45) is 0 Å². The highest BCUT2D eigenvalue weighted by Crippen LogP contribution is 2.40. The van der Waals surface area contributed by atoms with Gasteiger partial charge >= 0.3 is 6.09 Å². The van der Waals surface area contributed by atoms with Gasteiger partial charge < -0.3 is 19.7 Å². The summed E-state index contributed by atoms with van der Waals surface area (Å²) in [6.45, 7) is 5.55. The third-order valence-electron chi connectivity index (χ3n) is 6.81. The van der Waals surface area contributed by atoms with Crippen molar-refractivity contribution in [2.45, 2.75) is 51.2 Å². The van der Waals surface area contributed by atoms with E-state index in [1.54, 1.807) is 4.90 Å². The van der Waals surface area contributed by atoms with Crippen LogP contribution in [0, 0.1) is 11.3 Å². The fourth-order valence-electron chi connectivity index (χ4n) is 5.03. The zero-order chi connectivity index (χ0) is 22.5. The van der Waals surface area contributed by atoms with Crippen LogP contribution >= 0.6 is 0 Å². The molecule has 2 aliphatic rings. The minimum Gasteiger partial charge on any atom is -0.465 e. The number of rotatable bonds is 3. The Labute approximate surface area is 186 Å². The van der Waals surface area contributed by atoms with Gasteiger partial charge in [-0.05, 0) is 73.1 Å². The molecule has 0 spiro atoms. The molecule has 1 aromatic carbocycles. The van der Waals surface area contributed by atoms with Gasteiger partial charge in [0.25, 0.3) is 0 Å². The Kier molecular flexibility index (Phi) is 4.90. The maximum absolute atomic E-state index is 11.8. The molecule has 2 N–H and O–H groups in total. The molecule has 1 atom stereocenters. The summed E-state index contributed by atoms with van der Waals surface area (Å²) in [4.78, 5) is 21.2. The van der Waals surface area contributed by atoms with E-state index < -0.39 is 11.5 Å². The number of carboxylic acid groups (broad SMARTS) is 1. The molecule has 0 unspecified atom stereocenters. The van der Waals surface area contributed by atoms with E-state index in [9.17, 15) is 15.2 Å². The first-order valence-corrected chi connectivity index (χ1v) is 11.0. The van der Waals surface area contributed by atoms with Crippen molar-refractivity contribution in [1.29, 1.82) is 5.26 Å². The normalized spacial score (nSPS) is 18.5. The number of carbonyl (C=O) groups is 1. The number of nitriles is 1. The number of nitrogens with zero attached hydrogens (tertiary/aromatic N) is 3. The monoisotopic (exact) mass is 430 g/mol. The van der Waals surface area contributed by atoms with Crippen molar-refractivity contribution >= 4 is 17.1 Å². The SMILES string of the molecule is CC(C)(C#N)c1c[nH]c2ncc(-c3cc4c(c([C@@H]5CCCN5C(=O)O)c3)COCC4)cc12. The Balaban J connectivity index is 1.66. The molecule has 1 amide bonds. The summed E-state index contributed by atoms with van der Waals surface area (Å²) in [5.41, 5.74) is 6.41. The number of fused-ring (bicyclic) bond motifs is 2. The molecule has 3 aromatic rings. The van der Waals surface area contributed by atoms with Gasteiger partial charge in [-0.2, -0.15) is 5.26 Å². The lowest BCUT2D eigenvalue weighted by Crippen LogP contribution is -2.30. The van der Waals surface area contributed by atoms with Crippen LogP contribution in [0.5, 0.6) is 0 Å². The van der Waals surface area contributed by atoms with Crippen LogP contribution < -0.4 is 0 Å². The second-order valence-corrected chi connectivity index (χ2v) is 9.20. The van der Waals surface area contributed by atoms with Gasteiger partial charge in [-0.3, -0.25) is 0 Å². The third-order valence-corrected chi connectivity index (χ3v) is 6.81. The van der Waals surface area contributed by atoms with E-state index in [-0.39, 0.29) is 6.04 Å². The number of hydrogen-bond donors (Lipinski definition) is 2. The molecule has 0 saturated carbocycles. The summed E-state index contributed by atoms with van der Waals surface area (Å²) in [6.07, 6.45) is 5.32. The molecule has 0 aliphatic carbocycles. The van der Waals surface area contributed by atoms with Gasteiger partial charge in [-0.15, -0.1) is 0 Å². The van der Waals surface area contributed by atoms with Crippen LogP contribution in [0.15, 0.2) is 30.6 Å². The Hall–Kier alpha value is -3.37. The highest BCUT2D eigenvalue weighted by Gasteiger charge is 2.33. The maximum atomic E-state index is 11.8. The number of H-pyrrole nitrogens is 1. The Bertz CT molecular complexity index is 1250. The minimum atomic E-state index is -0.873. The molecule has 1 fully saturated rings. The lowest BCUT2D eigenvalue weighted by Gasteiger charge is -2.28. The molecule has 0 radical (unpaired) electrons. The average molecular weight is 431 g/mol. The van der Waals surface area contributed by atoms with Crippen molar-refractivity contribution in [3.63, 3.8) is 0 Å². The number of aromatic amines is 1. The third kappa shape index (κ3) is 3.32. The predicted octanol–water partition coefficient (Wildman–Crippen LogP) is 4.92. The Morgan fingerprint density at radius 3 is 2.97 bits per heavy atom. The quantitative estimate of drug-likeness (QED) is 0.614. The van der Waals surface area contributed by atoms with Crippen LogP contribution in [0.2, 0.25) is 0 Å². The van der Waals surface area contributed by atoms with Crippen molar-refractivity contribution in [3.05, 3.63) is 52.8 Å². The average Bonchev–Trinajstić information content (AvgIpc) is 3.45. The van der Waals surface area contributed by atoms with Gasteiger partial charge in [-0.25, -0.2) is 9.78 Å². The van der Waals surface area contributed by atoms with Gasteiger partial charge in [0.2, 0.25) is 0 Å². The summed E-state index contributed by atoms with van der Waals surface area (Å²) in [7, 11) is 0. The number of pyridine rings is 1. The Morgan fingerprint density at radius 1 is 1.34 bits per heavy atom. The summed E-state index contributed by atoms with van der Waals surface area (Å²) < 4.78 is 5.74. The molecule has 5 rings (SSSR count). The molecule has 7 nitrogen and oxygen atoms in total. The second kappa shape index (κ2) is 7.64. The molecule has 32 heavy (non-hydrogen) atoms. The number of amides is 1. The topological polar surface area (TPSA) is 102 Å². The van der Waals surface area contributed by atoms with Crippen LogP contribution in [-0.2, 0) is 23.2 Å². The van der Waals surface area contributed by atoms with E-state index in [0.717, 1.165) is 58.1 Å². The molecular formula is C25H26N4O3. The van der Waals surface area contributed by atoms with Crippen LogP contribution in [0.4, 0.5) is 4.79 Å². The van der Waals surface area contributed by atoms with Gasteiger partial charge in [0.15, 0.2) is 0 Å². The number of nitrogens with one attached hydrogen (secondary N) is 1. The van der Waals surface area contributed by atoms with Crippen molar-refractivity contribution in [3.8, 4) is 17.2 Å². The zero-order valence-corrected chi connectivity index (χ0v) is 18.3. The molecule has 1 saturated heterocycles. The van der Waals surface area contributed by atoms with E-state index in [1.807, 2.05) is 26.2 Å². The van der Waals surface area contributed by atoms with E-state index >= 15 is 0 Å². The predicted molar refractivity (Wildman–Crippen MR) is 120 cm³/mol. The van der Waals surface area contributed by atoms with Gasteiger partial charge in [-0.1, -0.05) is 6.07 Å². The van der Waals surface area contributed by atoms with E-state index in [2.05, 4.69) is 34.2 Å². The number of aromatic nitrogens is 2. The number of ether oxygens (including phenoxy) is 1. The van der Waals surface area contributed by atoms with Crippen LogP contribution in [-0.4, -0.2) is 39.2 Å². The van der Waals surface area contributed by atoms with Gasteiger partial charge in [0, 0.05) is 29.9 Å². The molecule has 7 heteroatoms. The smallest absolute Gasteiger partial charge is 0.407 e. The van der Waals surface area contributed by atoms with Crippen LogP contribution in [0.3, 0.4) is 0 Å². The first-order chi connectivity index (χ1) is 15.4. The first kappa shape index (κ1) is 20.5. The maximum Gasteiger partial charge on any atom is 0.407 e. The second-order valence-electron chi connectivity index (χ2n) is 9.20. The fourth-order valence-corrected chi connectivity index (χ4v) is 5.03. The van der Waals surface area contributed by atoms with Crippen molar-refractivity contribution in [1.82, 2.24) is 14.9 Å². The van der Waals surface area contributed by atoms with Crippen LogP contribution in [0.1, 0.15) is 55.0 Å². The standard InChI is InChI=1S/C25H26N4O3/c1-25(2,14-26)21-12-28-23-19(21)10-17(11-27-23)16-8-15-5-7-32-13-20(15)18(9-16)22-4-3-6-29(22)24(30)31/h8-12,22H,3-7,13H2,1-2H3,(H,27,28)(H,30,31)/t22-/m0/s1. The van der Waals surface area contributed by atoms with Crippen molar-refractivity contribution < 1.29 is 14.6 Å². The summed E-state index contributed by atoms with van der Waals surface area (Å²) >= 11 is 0. The van der Waals surface area contributed by atoms with Crippen molar-refractivity contribution in [2.75, 3.05) is 13.2 Å². The molecule has 2 aliphatic heterocycles. The summed E-state index contributed by atoms with van der Waals surface area (Å²) in [5, 5.41) is 20.3. The van der Waals surface area contributed by atoms with Gasteiger partial charge in [0.05, 0.1) is 30.7 Å². The van der Waals surface area contributed by atoms with Gasteiger partial charge in [0.1, 0.15) is 5.65 Å². The number of likely N-dealkylation sites (tertiary alicyclic amines) is 1. The van der Waals surface area contributed by atoms with E-state index in [1.165, 1.54) is 5.56 Å². The Morgan fingerprint density at radius 2 is 2.19 bits per heavy atom. The molecular weight excluding hydrogens is 404 g/mol. The first-order valence-electron chi connectivity index (χ1n) is 11.0. The number of hydrogen-bond acceptors (Lipinski definition) is 4. The highest BCUT2D eigenvalue weighted by atomic mass is 16.5. The molecule has 164 valence electrons. The summed E-state index contributed by atoms with van der Waals surface area (Å²) in [6, 6.07) is 8.61.